The number of aliphatic hydroxyl groups is 1. The molecule has 0 aliphatic rings. The lowest BCUT2D eigenvalue weighted by atomic mass is 9.90. The molecule has 0 aromatic heterocycles. The van der Waals surface area contributed by atoms with Gasteiger partial charge in [0, 0.05) is 13.1 Å². The van der Waals surface area contributed by atoms with Gasteiger partial charge in [0.15, 0.2) is 0 Å². The minimum Gasteiger partial charge on any atom is -0.392 e. The zero-order valence-electron chi connectivity index (χ0n) is 8.85. The molecule has 0 heterocycles. The molecule has 0 saturated carbocycles. The summed E-state index contributed by atoms with van der Waals surface area (Å²) in [6.45, 7) is 10.4. The second-order valence-corrected chi connectivity index (χ2v) is 4.21. The van der Waals surface area contributed by atoms with Crippen LogP contribution in [0, 0.1) is 5.41 Å². The average Bonchev–Trinajstić information content (AvgIpc) is 2.04. The standard InChI is InChI=1S/C10H23NO/c1-5-9(12)7-11-8-10(3,4)6-2/h9,11-12H,5-8H2,1-4H3. The van der Waals surface area contributed by atoms with Crippen LogP contribution in [0.4, 0.5) is 0 Å². The van der Waals surface area contributed by atoms with Gasteiger partial charge in [0.25, 0.3) is 0 Å². The molecule has 0 aliphatic carbocycles. The Balaban J connectivity index is 3.42. The highest BCUT2D eigenvalue weighted by Gasteiger charge is 2.14. The Bertz CT molecular complexity index is 112. The summed E-state index contributed by atoms with van der Waals surface area (Å²) >= 11 is 0. The van der Waals surface area contributed by atoms with E-state index in [0.29, 0.717) is 5.41 Å². The molecular weight excluding hydrogens is 150 g/mol. The van der Waals surface area contributed by atoms with E-state index in [0.717, 1.165) is 19.5 Å². The third-order valence-electron chi connectivity index (χ3n) is 2.41. The summed E-state index contributed by atoms with van der Waals surface area (Å²) in [6.07, 6.45) is 1.82. The van der Waals surface area contributed by atoms with Crippen molar-refractivity contribution in [3.63, 3.8) is 0 Å². The van der Waals surface area contributed by atoms with Crippen LogP contribution in [0.5, 0.6) is 0 Å². The molecule has 1 atom stereocenters. The number of hydrogen-bond donors (Lipinski definition) is 2. The Morgan fingerprint density at radius 3 is 2.33 bits per heavy atom. The smallest absolute Gasteiger partial charge is 0.0662 e. The predicted octanol–water partition coefficient (Wildman–Crippen LogP) is 1.78. The molecule has 0 saturated heterocycles. The Kier molecular flexibility index (Phi) is 5.51. The normalized spacial score (nSPS) is 14.8. The molecule has 0 aromatic carbocycles. The first kappa shape index (κ1) is 11.9. The molecule has 2 N–H and O–H groups in total. The summed E-state index contributed by atoms with van der Waals surface area (Å²) in [5, 5.41) is 12.5. The van der Waals surface area contributed by atoms with E-state index < -0.39 is 0 Å². The van der Waals surface area contributed by atoms with Crippen LogP contribution in [0.1, 0.15) is 40.5 Å². The lowest BCUT2D eigenvalue weighted by molar-refractivity contribution is 0.161. The van der Waals surface area contributed by atoms with Gasteiger partial charge in [0.1, 0.15) is 0 Å². The average molecular weight is 173 g/mol. The van der Waals surface area contributed by atoms with Crippen LogP contribution in [0.15, 0.2) is 0 Å². The number of rotatable bonds is 6. The number of nitrogens with one attached hydrogen (secondary N) is 1. The van der Waals surface area contributed by atoms with Crippen molar-refractivity contribution in [3.8, 4) is 0 Å². The molecule has 0 bridgehead atoms. The molecule has 0 radical (unpaired) electrons. The van der Waals surface area contributed by atoms with Gasteiger partial charge in [-0.3, -0.25) is 0 Å². The minimum absolute atomic E-state index is 0.183. The number of aliphatic hydroxyl groups excluding tert-OH is 1. The topological polar surface area (TPSA) is 32.3 Å². The predicted molar refractivity (Wildman–Crippen MR) is 53.2 cm³/mol. The van der Waals surface area contributed by atoms with E-state index in [1.54, 1.807) is 0 Å². The summed E-state index contributed by atoms with van der Waals surface area (Å²) in [7, 11) is 0. The minimum atomic E-state index is -0.183. The maximum atomic E-state index is 9.26. The fourth-order valence-corrected chi connectivity index (χ4v) is 0.847. The molecule has 0 amide bonds. The van der Waals surface area contributed by atoms with E-state index in [1.165, 1.54) is 6.42 Å². The van der Waals surface area contributed by atoms with Crippen molar-refractivity contribution < 1.29 is 5.11 Å². The van der Waals surface area contributed by atoms with E-state index >= 15 is 0 Å². The first-order chi connectivity index (χ1) is 5.52. The van der Waals surface area contributed by atoms with Gasteiger partial charge in [0.05, 0.1) is 6.10 Å². The zero-order valence-corrected chi connectivity index (χ0v) is 8.85. The highest BCUT2D eigenvalue weighted by molar-refractivity contribution is 4.70. The van der Waals surface area contributed by atoms with Crippen molar-refractivity contribution in [3.05, 3.63) is 0 Å². The lowest BCUT2D eigenvalue weighted by Gasteiger charge is -2.23. The van der Waals surface area contributed by atoms with Gasteiger partial charge in [-0.25, -0.2) is 0 Å². The summed E-state index contributed by atoms with van der Waals surface area (Å²) in [5.74, 6) is 0. The van der Waals surface area contributed by atoms with Crippen LogP contribution in [0.25, 0.3) is 0 Å². The quantitative estimate of drug-likeness (QED) is 0.642. The Morgan fingerprint density at radius 2 is 1.92 bits per heavy atom. The van der Waals surface area contributed by atoms with E-state index in [4.69, 9.17) is 0 Å². The third kappa shape index (κ3) is 5.56. The summed E-state index contributed by atoms with van der Waals surface area (Å²) < 4.78 is 0. The first-order valence-electron chi connectivity index (χ1n) is 4.90. The largest absolute Gasteiger partial charge is 0.392 e. The maximum Gasteiger partial charge on any atom is 0.0662 e. The van der Waals surface area contributed by atoms with Crippen molar-refractivity contribution in [2.75, 3.05) is 13.1 Å². The van der Waals surface area contributed by atoms with E-state index in [9.17, 15) is 5.11 Å². The van der Waals surface area contributed by atoms with Gasteiger partial charge < -0.3 is 10.4 Å². The molecule has 2 nitrogen and oxygen atoms in total. The van der Waals surface area contributed by atoms with Crippen LogP contribution in [-0.4, -0.2) is 24.3 Å². The van der Waals surface area contributed by atoms with E-state index in [-0.39, 0.29) is 6.10 Å². The van der Waals surface area contributed by atoms with Crippen LogP contribution in [-0.2, 0) is 0 Å². The summed E-state index contributed by atoms with van der Waals surface area (Å²) in [5.41, 5.74) is 0.355. The molecule has 2 heteroatoms. The van der Waals surface area contributed by atoms with Crippen LogP contribution >= 0.6 is 0 Å². The second kappa shape index (κ2) is 5.55. The highest BCUT2D eigenvalue weighted by Crippen LogP contribution is 2.17. The Morgan fingerprint density at radius 1 is 1.33 bits per heavy atom. The molecule has 74 valence electrons. The number of hydrogen-bond acceptors (Lipinski definition) is 2. The zero-order chi connectivity index (χ0) is 9.61. The fourth-order valence-electron chi connectivity index (χ4n) is 0.847. The van der Waals surface area contributed by atoms with Gasteiger partial charge in [-0.15, -0.1) is 0 Å². The summed E-state index contributed by atoms with van der Waals surface area (Å²) in [6, 6.07) is 0. The van der Waals surface area contributed by atoms with Gasteiger partial charge in [-0.05, 0) is 18.3 Å². The maximum absolute atomic E-state index is 9.26. The fraction of sp³-hybridized carbons (Fsp3) is 1.00. The SMILES string of the molecule is CCC(O)CNCC(C)(C)CC. The van der Waals surface area contributed by atoms with Crippen molar-refractivity contribution in [1.29, 1.82) is 0 Å². The lowest BCUT2D eigenvalue weighted by Crippen LogP contribution is -2.34. The molecule has 0 aliphatic heterocycles. The summed E-state index contributed by atoms with van der Waals surface area (Å²) in [4.78, 5) is 0. The van der Waals surface area contributed by atoms with E-state index in [1.807, 2.05) is 6.92 Å². The second-order valence-electron chi connectivity index (χ2n) is 4.21. The molecular formula is C10H23NO. The highest BCUT2D eigenvalue weighted by atomic mass is 16.3. The van der Waals surface area contributed by atoms with Gasteiger partial charge in [-0.2, -0.15) is 0 Å². The van der Waals surface area contributed by atoms with E-state index in [2.05, 4.69) is 26.1 Å². The molecule has 0 fully saturated rings. The van der Waals surface area contributed by atoms with Gasteiger partial charge in [0.2, 0.25) is 0 Å². The van der Waals surface area contributed by atoms with Crippen LogP contribution in [0.3, 0.4) is 0 Å². The van der Waals surface area contributed by atoms with Gasteiger partial charge in [-0.1, -0.05) is 27.7 Å². The molecule has 1 unspecified atom stereocenters. The van der Waals surface area contributed by atoms with Crippen molar-refractivity contribution >= 4 is 0 Å². The van der Waals surface area contributed by atoms with Crippen LogP contribution in [0.2, 0.25) is 0 Å². The van der Waals surface area contributed by atoms with Crippen molar-refractivity contribution in [2.45, 2.75) is 46.6 Å². The Hall–Kier alpha value is -0.0800. The third-order valence-corrected chi connectivity index (χ3v) is 2.41. The van der Waals surface area contributed by atoms with Gasteiger partial charge >= 0.3 is 0 Å². The Labute approximate surface area is 76.4 Å². The monoisotopic (exact) mass is 173 g/mol. The molecule has 0 aromatic rings. The molecule has 0 rings (SSSR count). The molecule has 12 heavy (non-hydrogen) atoms. The van der Waals surface area contributed by atoms with Crippen molar-refractivity contribution in [2.24, 2.45) is 5.41 Å². The van der Waals surface area contributed by atoms with Crippen molar-refractivity contribution in [1.82, 2.24) is 5.32 Å². The molecule has 0 spiro atoms. The first-order valence-corrected chi connectivity index (χ1v) is 4.90. The van der Waals surface area contributed by atoms with Crippen LogP contribution < -0.4 is 5.32 Å².